The van der Waals surface area contributed by atoms with E-state index in [9.17, 15) is 4.79 Å². The minimum Gasteiger partial charge on any atom is -0.493 e. The van der Waals surface area contributed by atoms with Crippen LogP contribution >= 0.6 is 11.8 Å². The molecule has 0 bridgehead atoms. The van der Waals surface area contributed by atoms with Crippen LogP contribution in [0.25, 0.3) is 0 Å². The van der Waals surface area contributed by atoms with Crippen molar-refractivity contribution in [2.75, 3.05) is 31.7 Å². The molecule has 0 aliphatic carbocycles. The van der Waals surface area contributed by atoms with Crippen LogP contribution in [0.3, 0.4) is 0 Å². The van der Waals surface area contributed by atoms with E-state index in [1.165, 1.54) is 0 Å². The number of methoxy groups -OCH3 is 2. The van der Waals surface area contributed by atoms with Gasteiger partial charge in [0.25, 0.3) is 0 Å². The number of anilines is 1. The molecule has 0 saturated carbocycles. The van der Waals surface area contributed by atoms with Crippen LogP contribution in [0.5, 0.6) is 23.0 Å². The van der Waals surface area contributed by atoms with E-state index in [0.29, 0.717) is 23.0 Å². The van der Waals surface area contributed by atoms with Crippen molar-refractivity contribution in [1.82, 2.24) is 0 Å². The van der Waals surface area contributed by atoms with Crippen LogP contribution in [0.15, 0.2) is 36.4 Å². The van der Waals surface area contributed by atoms with E-state index >= 15 is 0 Å². The lowest BCUT2D eigenvalue weighted by Gasteiger charge is -2.25. The van der Waals surface area contributed by atoms with Gasteiger partial charge in [0.15, 0.2) is 23.0 Å². The standard InChI is InChI=1S/C18H17NO5S/c1-21-13-6-4-12(8-15(13)22-2)19-17(20)9-25-18(19)11-3-5-14-16(7-11)24-10-23-14/h3-8,18H,9-10H2,1-2H3. The van der Waals surface area contributed by atoms with Crippen molar-refractivity contribution in [2.45, 2.75) is 5.37 Å². The highest BCUT2D eigenvalue weighted by molar-refractivity contribution is 8.00. The molecular formula is C18H17NO5S. The molecule has 1 atom stereocenters. The lowest BCUT2D eigenvalue weighted by molar-refractivity contribution is -0.115. The highest BCUT2D eigenvalue weighted by Gasteiger charge is 2.35. The smallest absolute Gasteiger partial charge is 0.238 e. The van der Waals surface area contributed by atoms with E-state index in [2.05, 4.69) is 0 Å². The van der Waals surface area contributed by atoms with E-state index in [-0.39, 0.29) is 18.1 Å². The third kappa shape index (κ3) is 2.74. The lowest BCUT2D eigenvalue weighted by Crippen LogP contribution is -2.27. The van der Waals surface area contributed by atoms with Gasteiger partial charge in [-0.3, -0.25) is 9.69 Å². The number of ether oxygens (including phenoxy) is 4. The third-order valence-electron chi connectivity index (χ3n) is 4.19. The maximum Gasteiger partial charge on any atom is 0.238 e. The number of benzene rings is 2. The van der Waals surface area contributed by atoms with Crippen LogP contribution in [0.4, 0.5) is 5.69 Å². The van der Waals surface area contributed by atoms with Crippen LogP contribution in [0, 0.1) is 0 Å². The monoisotopic (exact) mass is 359 g/mol. The number of thioether (sulfide) groups is 1. The van der Waals surface area contributed by atoms with Crippen molar-refractivity contribution in [3.8, 4) is 23.0 Å². The Bertz CT molecular complexity index is 825. The Balaban J connectivity index is 1.71. The molecule has 2 aromatic carbocycles. The SMILES string of the molecule is COc1ccc(N2C(=O)CSC2c2ccc3c(c2)OCO3)cc1OC. The van der Waals surface area contributed by atoms with Crippen LogP contribution in [0.2, 0.25) is 0 Å². The number of amides is 1. The molecule has 7 heteroatoms. The summed E-state index contributed by atoms with van der Waals surface area (Å²) in [5.41, 5.74) is 1.77. The van der Waals surface area contributed by atoms with Crippen molar-refractivity contribution in [1.29, 1.82) is 0 Å². The Morgan fingerprint density at radius 1 is 1.04 bits per heavy atom. The fourth-order valence-electron chi connectivity index (χ4n) is 2.99. The first-order valence-electron chi connectivity index (χ1n) is 7.76. The predicted octanol–water partition coefficient (Wildman–Crippen LogP) is 3.21. The zero-order valence-corrected chi connectivity index (χ0v) is 14.7. The molecule has 1 unspecified atom stereocenters. The molecule has 6 nitrogen and oxygen atoms in total. The molecule has 0 N–H and O–H groups in total. The second kappa shape index (κ2) is 6.40. The van der Waals surface area contributed by atoms with Gasteiger partial charge in [-0.1, -0.05) is 6.07 Å². The topological polar surface area (TPSA) is 57.2 Å². The minimum atomic E-state index is -0.125. The zero-order valence-electron chi connectivity index (χ0n) is 13.9. The maximum atomic E-state index is 12.5. The number of fused-ring (bicyclic) bond motifs is 1. The molecule has 0 spiro atoms. The van der Waals surface area contributed by atoms with Gasteiger partial charge in [0.05, 0.1) is 20.0 Å². The Hall–Kier alpha value is -2.54. The number of hydrogen-bond donors (Lipinski definition) is 0. The van der Waals surface area contributed by atoms with Gasteiger partial charge < -0.3 is 18.9 Å². The molecule has 25 heavy (non-hydrogen) atoms. The van der Waals surface area contributed by atoms with Crippen LogP contribution in [-0.2, 0) is 4.79 Å². The van der Waals surface area contributed by atoms with E-state index in [1.807, 2.05) is 30.3 Å². The van der Waals surface area contributed by atoms with Crippen LogP contribution in [0.1, 0.15) is 10.9 Å². The summed E-state index contributed by atoms with van der Waals surface area (Å²) in [7, 11) is 3.17. The summed E-state index contributed by atoms with van der Waals surface area (Å²) in [6.45, 7) is 0.231. The number of nitrogens with zero attached hydrogens (tertiary/aromatic N) is 1. The Morgan fingerprint density at radius 3 is 2.64 bits per heavy atom. The van der Waals surface area contributed by atoms with Gasteiger partial charge in [-0.05, 0) is 29.8 Å². The van der Waals surface area contributed by atoms with Gasteiger partial charge in [0, 0.05) is 11.8 Å². The Morgan fingerprint density at radius 2 is 1.84 bits per heavy atom. The maximum absolute atomic E-state index is 12.5. The molecule has 2 aliphatic rings. The summed E-state index contributed by atoms with van der Waals surface area (Å²) in [6.07, 6.45) is 0. The molecular weight excluding hydrogens is 342 g/mol. The lowest BCUT2D eigenvalue weighted by atomic mass is 10.1. The summed E-state index contributed by atoms with van der Waals surface area (Å²) in [5, 5.41) is -0.125. The van der Waals surface area contributed by atoms with Crippen molar-refractivity contribution < 1.29 is 23.7 Å². The van der Waals surface area contributed by atoms with E-state index in [4.69, 9.17) is 18.9 Å². The summed E-state index contributed by atoms with van der Waals surface area (Å²) in [4.78, 5) is 14.3. The van der Waals surface area contributed by atoms with Gasteiger partial charge in [-0.15, -0.1) is 11.8 Å². The summed E-state index contributed by atoms with van der Waals surface area (Å²) in [5.74, 6) is 3.15. The summed E-state index contributed by atoms with van der Waals surface area (Å²) >= 11 is 1.58. The average molecular weight is 359 g/mol. The van der Waals surface area contributed by atoms with Gasteiger partial charge in [0.2, 0.25) is 12.7 Å². The second-order valence-electron chi connectivity index (χ2n) is 5.58. The van der Waals surface area contributed by atoms with Gasteiger partial charge in [-0.2, -0.15) is 0 Å². The first-order chi connectivity index (χ1) is 12.2. The largest absolute Gasteiger partial charge is 0.493 e. The van der Waals surface area contributed by atoms with Crippen molar-refractivity contribution >= 4 is 23.4 Å². The number of carbonyl (C=O) groups is 1. The molecule has 2 heterocycles. The number of carbonyl (C=O) groups excluding carboxylic acids is 1. The van der Waals surface area contributed by atoms with E-state index in [1.54, 1.807) is 36.9 Å². The highest BCUT2D eigenvalue weighted by Crippen LogP contribution is 2.46. The fourth-order valence-corrected chi connectivity index (χ4v) is 4.16. The molecule has 130 valence electrons. The summed E-state index contributed by atoms with van der Waals surface area (Å²) < 4.78 is 21.5. The number of hydrogen-bond acceptors (Lipinski definition) is 6. The molecule has 4 rings (SSSR count). The normalized spacial score (nSPS) is 18.6. The molecule has 1 saturated heterocycles. The van der Waals surface area contributed by atoms with Crippen molar-refractivity contribution in [3.05, 3.63) is 42.0 Å². The Kier molecular flexibility index (Phi) is 4.09. The fraction of sp³-hybridized carbons (Fsp3) is 0.278. The first kappa shape index (κ1) is 16.0. The molecule has 2 aliphatic heterocycles. The molecule has 1 fully saturated rings. The third-order valence-corrected chi connectivity index (χ3v) is 5.41. The Labute approximate surface area is 149 Å². The van der Waals surface area contributed by atoms with Gasteiger partial charge in [-0.25, -0.2) is 0 Å². The van der Waals surface area contributed by atoms with Gasteiger partial charge in [0.1, 0.15) is 5.37 Å². The predicted molar refractivity (Wildman–Crippen MR) is 94.8 cm³/mol. The quantitative estimate of drug-likeness (QED) is 0.836. The average Bonchev–Trinajstić information content (AvgIpc) is 3.26. The number of rotatable bonds is 4. The van der Waals surface area contributed by atoms with Gasteiger partial charge >= 0.3 is 0 Å². The molecule has 0 aromatic heterocycles. The van der Waals surface area contributed by atoms with Crippen molar-refractivity contribution in [3.63, 3.8) is 0 Å². The molecule has 1 amide bonds. The van der Waals surface area contributed by atoms with E-state index < -0.39 is 0 Å². The second-order valence-corrected chi connectivity index (χ2v) is 6.65. The highest BCUT2D eigenvalue weighted by atomic mass is 32.2. The summed E-state index contributed by atoms with van der Waals surface area (Å²) in [6, 6.07) is 11.3. The van der Waals surface area contributed by atoms with E-state index in [0.717, 1.165) is 17.0 Å². The first-order valence-corrected chi connectivity index (χ1v) is 8.81. The minimum absolute atomic E-state index is 0.0555. The van der Waals surface area contributed by atoms with Crippen LogP contribution < -0.4 is 23.8 Å². The molecule has 0 radical (unpaired) electrons. The van der Waals surface area contributed by atoms with Crippen molar-refractivity contribution in [2.24, 2.45) is 0 Å². The van der Waals surface area contributed by atoms with Crippen LogP contribution in [-0.4, -0.2) is 32.7 Å². The molecule has 2 aromatic rings. The zero-order chi connectivity index (χ0) is 17.4.